The average molecular weight is 361 g/mol. The fourth-order valence-corrected chi connectivity index (χ4v) is 3.50. The molecule has 0 atom stereocenters. The van der Waals surface area contributed by atoms with Crippen molar-refractivity contribution in [1.29, 1.82) is 5.26 Å². The van der Waals surface area contributed by atoms with Gasteiger partial charge in [0.1, 0.15) is 0 Å². The molecular weight excluding hydrogens is 334 g/mol. The number of ether oxygens (including phenoxy) is 1. The van der Waals surface area contributed by atoms with Crippen molar-refractivity contribution >= 4 is 0 Å². The van der Waals surface area contributed by atoms with Crippen molar-refractivity contribution in [3.05, 3.63) is 59.9 Å². The molecule has 1 aromatic heterocycles. The maximum absolute atomic E-state index is 8.89. The Kier molecular flexibility index (Phi) is 7.12. The molecule has 0 aliphatic heterocycles. The van der Waals surface area contributed by atoms with Gasteiger partial charge in [-0.25, -0.2) is 9.97 Å². The van der Waals surface area contributed by atoms with Crippen LogP contribution in [0.4, 0.5) is 0 Å². The van der Waals surface area contributed by atoms with Gasteiger partial charge in [0.15, 0.2) is 5.82 Å². The molecule has 3 rings (SSSR count). The first-order valence-electron chi connectivity index (χ1n) is 9.89. The van der Waals surface area contributed by atoms with E-state index in [0.29, 0.717) is 23.4 Å². The molecule has 27 heavy (non-hydrogen) atoms. The number of unbranched alkanes of at least 4 members (excludes halogenated alkanes) is 1. The number of allylic oxidation sites excluding steroid dienone is 1. The molecule has 0 spiro atoms. The second kappa shape index (κ2) is 9.99. The largest absolute Gasteiger partial charge is 0.374 e. The third-order valence-corrected chi connectivity index (χ3v) is 5.14. The zero-order chi connectivity index (χ0) is 18.9. The van der Waals surface area contributed by atoms with E-state index in [1.165, 1.54) is 12.0 Å². The Hall–Kier alpha value is -2.51. The van der Waals surface area contributed by atoms with E-state index in [0.717, 1.165) is 44.3 Å². The molecule has 0 N–H and O–H groups in total. The van der Waals surface area contributed by atoms with Crippen LogP contribution in [0, 0.1) is 11.3 Å². The minimum absolute atomic E-state index is 0.381. The van der Waals surface area contributed by atoms with Crippen LogP contribution >= 0.6 is 0 Å². The summed E-state index contributed by atoms with van der Waals surface area (Å²) in [5.74, 6) is 1.23. The fraction of sp³-hybridized carbons (Fsp3) is 0.435. The van der Waals surface area contributed by atoms with E-state index in [4.69, 9.17) is 10.00 Å². The van der Waals surface area contributed by atoms with Gasteiger partial charge in [0, 0.05) is 18.0 Å². The molecule has 1 aliphatic carbocycles. The summed E-state index contributed by atoms with van der Waals surface area (Å²) >= 11 is 0. The van der Waals surface area contributed by atoms with Gasteiger partial charge in [0.05, 0.1) is 24.3 Å². The minimum atomic E-state index is 0.381. The molecule has 2 aromatic rings. The maximum atomic E-state index is 8.89. The lowest BCUT2D eigenvalue weighted by Gasteiger charge is -2.28. The average Bonchev–Trinajstić information content (AvgIpc) is 2.74. The summed E-state index contributed by atoms with van der Waals surface area (Å²) in [6.45, 7) is 2.92. The molecule has 140 valence electrons. The number of hydrogen-bond acceptors (Lipinski definition) is 4. The summed E-state index contributed by atoms with van der Waals surface area (Å²) in [6.07, 6.45) is 15.4. The molecule has 0 amide bonds. The van der Waals surface area contributed by atoms with Crippen LogP contribution in [0.5, 0.6) is 0 Å². The van der Waals surface area contributed by atoms with Crippen molar-refractivity contribution in [2.45, 2.75) is 57.5 Å². The highest BCUT2D eigenvalue weighted by molar-refractivity contribution is 5.56. The topological polar surface area (TPSA) is 58.8 Å². The lowest BCUT2D eigenvalue weighted by atomic mass is 9.84. The normalized spacial score (nSPS) is 19.9. The van der Waals surface area contributed by atoms with Crippen LogP contribution in [-0.4, -0.2) is 22.7 Å². The lowest BCUT2D eigenvalue weighted by molar-refractivity contribution is 0.0421. The number of nitriles is 1. The second-order valence-electron chi connectivity index (χ2n) is 7.10. The standard InChI is InChI=1S/C23H27N3O/c1-2-3-4-5-14-27-22-12-10-19(11-13-22)21-16-25-23(26-17-21)20-8-6-18(15-24)7-9-20/h4-9,16-17,19,22H,2-3,10-14H2,1H3/b5-4+. The molecule has 1 aromatic carbocycles. The van der Waals surface area contributed by atoms with Crippen LogP contribution in [0.25, 0.3) is 11.4 Å². The predicted molar refractivity (Wildman–Crippen MR) is 107 cm³/mol. The molecular formula is C23H27N3O. The van der Waals surface area contributed by atoms with Gasteiger partial charge in [-0.3, -0.25) is 0 Å². The number of nitrogens with zero attached hydrogens (tertiary/aromatic N) is 3. The fourth-order valence-electron chi connectivity index (χ4n) is 3.50. The van der Waals surface area contributed by atoms with Crippen LogP contribution in [0.3, 0.4) is 0 Å². The lowest BCUT2D eigenvalue weighted by Crippen LogP contribution is -2.21. The van der Waals surface area contributed by atoms with Gasteiger partial charge >= 0.3 is 0 Å². The molecule has 0 saturated heterocycles. The maximum Gasteiger partial charge on any atom is 0.159 e. The molecule has 1 saturated carbocycles. The van der Waals surface area contributed by atoms with E-state index >= 15 is 0 Å². The van der Waals surface area contributed by atoms with E-state index in [1.54, 1.807) is 12.1 Å². The van der Waals surface area contributed by atoms with Crippen molar-refractivity contribution in [2.75, 3.05) is 6.61 Å². The Morgan fingerprint density at radius 1 is 1.07 bits per heavy atom. The summed E-state index contributed by atoms with van der Waals surface area (Å²) in [5.41, 5.74) is 2.80. The number of aromatic nitrogens is 2. The number of hydrogen-bond donors (Lipinski definition) is 0. The van der Waals surface area contributed by atoms with Gasteiger partial charge in [0.2, 0.25) is 0 Å². The quantitative estimate of drug-likeness (QED) is 0.618. The van der Waals surface area contributed by atoms with Crippen LogP contribution in [-0.2, 0) is 4.74 Å². The number of benzene rings is 1. The van der Waals surface area contributed by atoms with E-state index in [2.05, 4.69) is 35.1 Å². The molecule has 0 radical (unpaired) electrons. The Bertz CT molecular complexity index is 767. The SMILES string of the molecule is CCC/C=C/COC1CCC(c2cnc(-c3ccc(C#N)cc3)nc2)CC1. The van der Waals surface area contributed by atoms with Gasteiger partial charge in [-0.1, -0.05) is 25.5 Å². The molecule has 1 aliphatic rings. The zero-order valence-corrected chi connectivity index (χ0v) is 16.0. The van der Waals surface area contributed by atoms with Gasteiger partial charge in [-0.05, 0) is 67.9 Å². The number of rotatable bonds is 7. The van der Waals surface area contributed by atoms with Crippen molar-refractivity contribution in [1.82, 2.24) is 9.97 Å². The molecule has 1 heterocycles. The van der Waals surface area contributed by atoms with Crippen LogP contribution in [0.15, 0.2) is 48.8 Å². The third kappa shape index (κ3) is 5.48. The van der Waals surface area contributed by atoms with E-state index < -0.39 is 0 Å². The Balaban J connectivity index is 1.50. The highest BCUT2D eigenvalue weighted by Gasteiger charge is 2.23. The first-order chi connectivity index (χ1) is 13.3. The molecule has 4 heteroatoms. The first-order valence-corrected chi connectivity index (χ1v) is 9.89. The second-order valence-corrected chi connectivity index (χ2v) is 7.10. The summed E-state index contributed by atoms with van der Waals surface area (Å²) in [4.78, 5) is 9.08. The summed E-state index contributed by atoms with van der Waals surface area (Å²) < 4.78 is 5.97. The molecule has 0 bridgehead atoms. The summed E-state index contributed by atoms with van der Waals surface area (Å²) in [5, 5.41) is 8.89. The minimum Gasteiger partial charge on any atom is -0.374 e. The van der Waals surface area contributed by atoms with Crippen molar-refractivity contribution < 1.29 is 4.74 Å². The zero-order valence-electron chi connectivity index (χ0n) is 16.0. The van der Waals surface area contributed by atoms with Gasteiger partial charge in [0.25, 0.3) is 0 Å². The van der Waals surface area contributed by atoms with Gasteiger partial charge in [-0.2, -0.15) is 5.26 Å². The van der Waals surface area contributed by atoms with Crippen LogP contribution in [0.1, 0.15) is 62.5 Å². The predicted octanol–water partition coefficient (Wildman–Crippen LogP) is 5.41. The smallest absolute Gasteiger partial charge is 0.159 e. The Labute approximate surface area is 161 Å². The van der Waals surface area contributed by atoms with Gasteiger partial charge in [-0.15, -0.1) is 0 Å². The highest BCUT2D eigenvalue weighted by atomic mass is 16.5. The van der Waals surface area contributed by atoms with Crippen LogP contribution < -0.4 is 0 Å². The van der Waals surface area contributed by atoms with Crippen molar-refractivity contribution in [3.8, 4) is 17.5 Å². The highest BCUT2D eigenvalue weighted by Crippen LogP contribution is 2.33. The van der Waals surface area contributed by atoms with Crippen molar-refractivity contribution in [2.24, 2.45) is 0 Å². The third-order valence-electron chi connectivity index (χ3n) is 5.14. The first kappa shape index (κ1) is 19.3. The van der Waals surface area contributed by atoms with Crippen LogP contribution in [0.2, 0.25) is 0 Å². The summed E-state index contributed by atoms with van der Waals surface area (Å²) in [7, 11) is 0. The Morgan fingerprint density at radius 3 is 2.41 bits per heavy atom. The van der Waals surface area contributed by atoms with E-state index in [1.807, 2.05) is 24.5 Å². The van der Waals surface area contributed by atoms with E-state index in [9.17, 15) is 0 Å². The monoisotopic (exact) mass is 361 g/mol. The van der Waals surface area contributed by atoms with Gasteiger partial charge < -0.3 is 4.74 Å². The molecule has 0 unspecified atom stereocenters. The van der Waals surface area contributed by atoms with E-state index in [-0.39, 0.29) is 0 Å². The summed E-state index contributed by atoms with van der Waals surface area (Å²) in [6, 6.07) is 9.51. The molecule has 4 nitrogen and oxygen atoms in total. The Morgan fingerprint density at radius 2 is 1.78 bits per heavy atom. The van der Waals surface area contributed by atoms with Crippen molar-refractivity contribution in [3.63, 3.8) is 0 Å². The molecule has 1 fully saturated rings.